The van der Waals surface area contributed by atoms with E-state index in [1.54, 1.807) is 18.2 Å². The molecule has 0 radical (unpaired) electrons. The Hall–Kier alpha value is -2.04. The number of rotatable bonds is 5. The van der Waals surface area contributed by atoms with E-state index in [4.69, 9.17) is 21.1 Å². The van der Waals surface area contributed by atoms with E-state index in [1.807, 2.05) is 0 Å². The molecule has 0 aliphatic heterocycles. The molecule has 1 aromatic carbocycles. The number of anilines is 1. The van der Waals surface area contributed by atoms with Crippen molar-refractivity contribution in [1.82, 2.24) is 15.0 Å². The molecule has 25 heavy (non-hydrogen) atoms. The van der Waals surface area contributed by atoms with Crippen LogP contribution in [0.1, 0.15) is 0 Å². The van der Waals surface area contributed by atoms with Gasteiger partial charge in [0.1, 0.15) is 9.37 Å². The van der Waals surface area contributed by atoms with Crippen LogP contribution in [0.4, 0.5) is 5.95 Å². The van der Waals surface area contributed by atoms with E-state index in [2.05, 4.69) is 35.6 Å². The third-order valence-electron chi connectivity index (χ3n) is 3.30. The predicted octanol–water partition coefficient (Wildman–Crippen LogP) is 3.19. The van der Waals surface area contributed by atoms with Crippen LogP contribution in [0.15, 0.2) is 33.8 Å². The van der Waals surface area contributed by atoms with E-state index >= 15 is 0 Å². The van der Waals surface area contributed by atoms with Crippen LogP contribution < -0.4 is 14.2 Å². The first kappa shape index (κ1) is 17.8. The van der Waals surface area contributed by atoms with Gasteiger partial charge in [-0.1, -0.05) is 11.6 Å². The van der Waals surface area contributed by atoms with Crippen molar-refractivity contribution < 1.29 is 17.9 Å². The lowest BCUT2D eigenvalue weighted by atomic mass is 10.2. The molecule has 0 bridgehead atoms. The molecule has 8 nitrogen and oxygen atoms in total. The molecule has 11 heteroatoms. The molecule has 0 amide bonds. The molecule has 2 aromatic heterocycles. The summed E-state index contributed by atoms with van der Waals surface area (Å²) in [6.07, 6.45) is 1.37. The number of benzene rings is 1. The van der Waals surface area contributed by atoms with Crippen molar-refractivity contribution in [2.45, 2.75) is 4.90 Å². The van der Waals surface area contributed by atoms with Gasteiger partial charge in [-0.3, -0.25) is 0 Å². The number of sulfonamides is 1. The summed E-state index contributed by atoms with van der Waals surface area (Å²) in [4.78, 5) is 10.9. The first-order chi connectivity index (χ1) is 11.9. The first-order valence-electron chi connectivity index (χ1n) is 6.80. The maximum Gasteiger partial charge on any atom is 0.266 e. The van der Waals surface area contributed by atoms with E-state index < -0.39 is 10.0 Å². The Morgan fingerprint density at radius 2 is 1.84 bits per heavy atom. The van der Waals surface area contributed by atoms with Gasteiger partial charge in [0.25, 0.3) is 10.0 Å². The molecule has 132 valence electrons. The highest BCUT2D eigenvalue weighted by molar-refractivity contribution is 9.10. The highest BCUT2D eigenvalue weighted by Crippen LogP contribution is 2.33. The molecule has 0 spiro atoms. The maximum atomic E-state index is 12.7. The Kier molecular flexibility index (Phi) is 4.76. The third-order valence-corrected chi connectivity index (χ3v) is 5.58. The van der Waals surface area contributed by atoms with Crippen molar-refractivity contribution >= 4 is 54.4 Å². The minimum atomic E-state index is -3.95. The summed E-state index contributed by atoms with van der Waals surface area (Å²) >= 11 is 9.14. The average molecular weight is 448 g/mol. The van der Waals surface area contributed by atoms with Crippen molar-refractivity contribution in [3.63, 3.8) is 0 Å². The smallest absolute Gasteiger partial charge is 0.266 e. The summed E-state index contributed by atoms with van der Waals surface area (Å²) in [5.41, 5.74) is 0.597. The number of halogens is 2. The molecule has 2 heterocycles. The van der Waals surface area contributed by atoms with Gasteiger partial charge in [-0.2, -0.15) is 9.97 Å². The molecule has 0 atom stereocenters. The van der Waals surface area contributed by atoms with Crippen molar-refractivity contribution in [2.24, 2.45) is 0 Å². The number of ether oxygens (including phenoxy) is 2. The Labute approximate surface area is 156 Å². The zero-order valence-electron chi connectivity index (χ0n) is 13.0. The van der Waals surface area contributed by atoms with Gasteiger partial charge in [0.05, 0.1) is 14.2 Å². The fraction of sp³-hybridized carbons (Fsp3) is 0.143. The van der Waals surface area contributed by atoms with Gasteiger partial charge < -0.3 is 14.5 Å². The Morgan fingerprint density at radius 3 is 2.44 bits per heavy atom. The normalized spacial score (nSPS) is 11.5. The summed E-state index contributed by atoms with van der Waals surface area (Å²) in [7, 11) is -1.15. The van der Waals surface area contributed by atoms with Crippen molar-refractivity contribution in [2.75, 3.05) is 18.9 Å². The molecule has 3 aromatic rings. The summed E-state index contributed by atoms with van der Waals surface area (Å²) in [5.74, 6) is 0.0886. The van der Waals surface area contributed by atoms with E-state index in [0.29, 0.717) is 20.4 Å². The van der Waals surface area contributed by atoms with Crippen LogP contribution in [0.3, 0.4) is 0 Å². The zero-order chi connectivity index (χ0) is 18.2. The molecule has 0 saturated heterocycles. The fourth-order valence-corrected chi connectivity index (χ4v) is 3.99. The number of nitrogens with one attached hydrogen (secondary N) is 2. The molecule has 2 N–H and O–H groups in total. The average Bonchev–Trinajstić information content (AvgIpc) is 2.99. The standard InChI is InChI=1S/C14H12BrClN4O4S/c1-23-12-11(15)13(24-2)19-14(18-12)20-25(21,22)10-6-17-9-5-7(16)3-4-8(9)10/h3-6,17H,1-2H3,(H,18,19,20). The van der Waals surface area contributed by atoms with E-state index in [0.717, 1.165) is 0 Å². The predicted molar refractivity (Wildman–Crippen MR) is 97.0 cm³/mol. The minimum Gasteiger partial charge on any atom is -0.480 e. The largest absolute Gasteiger partial charge is 0.480 e. The molecule has 0 unspecified atom stereocenters. The van der Waals surface area contributed by atoms with Crippen LogP contribution in [-0.2, 0) is 10.0 Å². The number of methoxy groups -OCH3 is 2. The van der Waals surface area contributed by atoms with Crippen molar-refractivity contribution in [3.8, 4) is 11.8 Å². The van der Waals surface area contributed by atoms with Crippen LogP contribution >= 0.6 is 27.5 Å². The van der Waals surface area contributed by atoms with Crippen molar-refractivity contribution in [1.29, 1.82) is 0 Å². The third kappa shape index (κ3) is 3.37. The monoisotopic (exact) mass is 446 g/mol. The second kappa shape index (κ2) is 6.70. The Morgan fingerprint density at radius 1 is 1.20 bits per heavy atom. The van der Waals surface area contributed by atoms with Crippen molar-refractivity contribution in [3.05, 3.63) is 33.9 Å². The van der Waals surface area contributed by atoms with E-state index in [9.17, 15) is 8.42 Å². The topological polar surface area (TPSA) is 106 Å². The molecular weight excluding hydrogens is 436 g/mol. The number of H-pyrrole nitrogens is 1. The molecular formula is C14H12BrClN4O4S. The van der Waals surface area contributed by atoms with Gasteiger partial charge in [0.2, 0.25) is 17.7 Å². The quantitative estimate of drug-likeness (QED) is 0.622. The SMILES string of the molecule is COc1nc(NS(=O)(=O)c2c[nH]c3cc(Cl)ccc23)nc(OC)c1Br. The van der Waals surface area contributed by atoms with Crippen LogP contribution in [0.5, 0.6) is 11.8 Å². The first-order valence-corrected chi connectivity index (χ1v) is 9.46. The number of aromatic nitrogens is 3. The van der Waals surface area contributed by atoms with Gasteiger partial charge in [-0.05, 0) is 34.1 Å². The van der Waals surface area contributed by atoms with Gasteiger partial charge >= 0.3 is 0 Å². The molecule has 0 saturated carbocycles. The van der Waals surface area contributed by atoms with Crippen LogP contribution in [0, 0.1) is 0 Å². The Balaban J connectivity index is 2.04. The molecule has 0 aliphatic rings. The number of aromatic amines is 1. The summed E-state index contributed by atoms with van der Waals surface area (Å²) < 4.78 is 38.3. The number of nitrogens with zero attached hydrogens (tertiary/aromatic N) is 2. The lowest BCUT2D eigenvalue weighted by Gasteiger charge is -2.10. The number of fused-ring (bicyclic) bond motifs is 1. The zero-order valence-corrected chi connectivity index (χ0v) is 16.2. The van der Waals surface area contributed by atoms with Gasteiger partial charge in [0, 0.05) is 22.1 Å². The second-order valence-electron chi connectivity index (χ2n) is 4.83. The highest BCUT2D eigenvalue weighted by Gasteiger charge is 2.22. The molecule has 3 rings (SSSR count). The van der Waals surface area contributed by atoms with Crippen LogP contribution in [-0.4, -0.2) is 37.6 Å². The lowest BCUT2D eigenvalue weighted by Crippen LogP contribution is -2.15. The van der Waals surface area contributed by atoms with E-state index in [1.165, 1.54) is 20.4 Å². The van der Waals surface area contributed by atoms with Crippen LogP contribution in [0.25, 0.3) is 10.9 Å². The van der Waals surface area contributed by atoms with Gasteiger partial charge in [-0.15, -0.1) is 0 Å². The number of hydrogen-bond acceptors (Lipinski definition) is 6. The maximum absolute atomic E-state index is 12.7. The lowest BCUT2D eigenvalue weighted by molar-refractivity contribution is 0.368. The fourth-order valence-electron chi connectivity index (χ4n) is 2.19. The molecule has 0 fully saturated rings. The van der Waals surface area contributed by atoms with E-state index in [-0.39, 0.29) is 22.6 Å². The highest BCUT2D eigenvalue weighted by atomic mass is 79.9. The minimum absolute atomic E-state index is 0.0450. The van der Waals surface area contributed by atoms with Gasteiger partial charge in [0.15, 0.2) is 0 Å². The summed E-state index contributed by atoms with van der Waals surface area (Å²) in [6, 6.07) is 4.86. The summed E-state index contributed by atoms with van der Waals surface area (Å²) in [6.45, 7) is 0. The number of hydrogen-bond donors (Lipinski definition) is 2. The van der Waals surface area contributed by atoms with Crippen LogP contribution in [0.2, 0.25) is 5.02 Å². The summed E-state index contributed by atoms with van der Waals surface area (Å²) in [5, 5.41) is 0.991. The molecule has 0 aliphatic carbocycles. The Bertz CT molecular complexity index is 1030. The van der Waals surface area contributed by atoms with Gasteiger partial charge in [-0.25, -0.2) is 13.1 Å². The second-order valence-corrected chi connectivity index (χ2v) is 7.71.